The van der Waals surface area contributed by atoms with Crippen molar-refractivity contribution < 1.29 is 17.6 Å². The van der Waals surface area contributed by atoms with Crippen molar-refractivity contribution in [3.05, 3.63) is 52.5 Å². The molecule has 9 heteroatoms. The van der Waals surface area contributed by atoms with Gasteiger partial charge >= 0.3 is 0 Å². The number of nitrogens with one attached hydrogen (secondary N) is 1. The van der Waals surface area contributed by atoms with E-state index < -0.39 is 15.8 Å². The Labute approximate surface area is 188 Å². The Kier molecular flexibility index (Phi) is 8.21. The fourth-order valence-electron chi connectivity index (χ4n) is 4.08. The van der Waals surface area contributed by atoms with E-state index in [1.54, 1.807) is 11.3 Å². The molecule has 0 bridgehead atoms. The van der Waals surface area contributed by atoms with Gasteiger partial charge in [0.1, 0.15) is 10.7 Å². The molecule has 0 spiro atoms. The summed E-state index contributed by atoms with van der Waals surface area (Å²) in [6, 6.07) is 7.61. The SMILES string of the molecule is CCN(CC)C(CNC(=O)C1CCN(S(=O)(=O)c2ccccc2F)CC1)c1ccsc1. The second-order valence-electron chi connectivity index (χ2n) is 7.65. The number of rotatable bonds is 9. The lowest BCUT2D eigenvalue weighted by molar-refractivity contribution is -0.126. The number of sulfonamides is 1. The van der Waals surface area contributed by atoms with E-state index in [0.29, 0.717) is 19.4 Å². The second-order valence-corrected chi connectivity index (χ2v) is 10.3. The van der Waals surface area contributed by atoms with E-state index in [2.05, 4.69) is 35.5 Å². The molecule has 1 atom stereocenters. The van der Waals surface area contributed by atoms with E-state index in [1.165, 1.54) is 28.1 Å². The van der Waals surface area contributed by atoms with Crippen LogP contribution in [0.4, 0.5) is 4.39 Å². The molecule has 6 nitrogen and oxygen atoms in total. The van der Waals surface area contributed by atoms with E-state index in [0.717, 1.165) is 19.2 Å². The van der Waals surface area contributed by atoms with Gasteiger partial charge in [-0.15, -0.1) is 0 Å². The number of piperidine rings is 1. The predicted octanol–water partition coefficient (Wildman–Crippen LogP) is 3.49. The fourth-order valence-corrected chi connectivity index (χ4v) is 6.32. The van der Waals surface area contributed by atoms with Crippen LogP contribution in [0.15, 0.2) is 46.0 Å². The molecule has 2 aromatic rings. The quantitative estimate of drug-likeness (QED) is 0.613. The third-order valence-electron chi connectivity index (χ3n) is 5.93. The molecule has 1 aromatic carbocycles. The van der Waals surface area contributed by atoms with Gasteiger partial charge < -0.3 is 5.32 Å². The molecular weight excluding hydrogens is 437 g/mol. The van der Waals surface area contributed by atoms with Gasteiger partial charge in [-0.05, 0) is 60.5 Å². The molecule has 0 radical (unpaired) electrons. The lowest BCUT2D eigenvalue weighted by Crippen LogP contribution is -2.45. The number of amides is 1. The van der Waals surface area contributed by atoms with Crippen molar-refractivity contribution >= 4 is 27.3 Å². The van der Waals surface area contributed by atoms with Gasteiger partial charge in [0.2, 0.25) is 15.9 Å². The van der Waals surface area contributed by atoms with Gasteiger partial charge in [0.05, 0.1) is 6.04 Å². The van der Waals surface area contributed by atoms with Crippen LogP contribution in [0.1, 0.15) is 38.3 Å². The Bertz CT molecular complexity index is 954. The molecule has 1 N–H and O–H groups in total. The van der Waals surface area contributed by atoms with Crippen molar-refractivity contribution in [1.29, 1.82) is 0 Å². The maximum atomic E-state index is 14.0. The zero-order valence-corrected chi connectivity index (χ0v) is 19.6. The van der Waals surface area contributed by atoms with Gasteiger partial charge in [-0.3, -0.25) is 9.69 Å². The zero-order chi connectivity index (χ0) is 22.4. The fraction of sp³-hybridized carbons (Fsp3) is 0.500. The average molecular weight is 468 g/mol. The van der Waals surface area contributed by atoms with Gasteiger partial charge in [-0.1, -0.05) is 26.0 Å². The Hall–Kier alpha value is -1.81. The molecule has 1 saturated heterocycles. The smallest absolute Gasteiger partial charge is 0.245 e. The summed E-state index contributed by atoms with van der Waals surface area (Å²) >= 11 is 1.64. The van der Waals surface area contributed by atoms with Crippen molar-refractivity contribution in [2.45, 2.75) is 37.6 Å². The topological polar surface area (TPSA) is 69.7 Å². The summed E-state index contributed by atoms with van der Waals surface area (Å²) in [5, 5.41) is 7.23. The highest BCUT2D eigenvalue weighted by atomic mass is 32.2. The van der Waals surface area contributed by atoms with Gasteiger partial charge in [-0.2, -0.15) is 15.6 Å². The third-order valence-corrected chi connectivity index (χ3v) is 8.56. The Morgan fingerprint density at radius 1 is 1.23 bits per heavy atom. The normalized spacial score (nSPS) is 17.0. The van der Waals surface area contributed by atoms with E-state index in [9.17, 15) is 17.6 Å². The number of halogens is 1. The average Bonchev–Trinajstić information content (AvgIpc) is 3.31. The summed E-state index contributed by atoms with van der Waals surface area (Å²) in [6.45, 7) is 6.92. The van der Waals surface area contributed by atoms with Crippen LogP contribution in [0.3, 0.4) is 0 Å². The summed E-state index contributed by atoms with van der Waals surface area (Å²) < 4.78 is 40.8. The Morgan fingerprint density at radius 2 is 1.90 bits per heavy atom. The molecule has 1 aliphatic heterocycles. The van der Waals surface area contributed by atoms with E-state index in [-0.39, 0.29) is 35.9 Å². The van der Waals surface area contributed by atoms with Crippen molar-refractivity contribution in [3.63, 3.8) is 0 Å². The molecule has 1 unspecified atom stereocenters. The van der Waals surface area contributed by atoms with Crippen LogP contribution in [0.25, 0.3) is 0 Å². The van der Waals surface area contributed by atoms with Crippen LogP contribution in [0.2, 0.25) is 0 Å². The van der Waals surface area contributed by atoms with Gasteiger partial charge in [0, 0.05) is 25.6 Å². The zero-order valence-electron chi connectivity index (χ0n) is 18.0. The maximum absolute atomic E-state index is 14.0. The number of thiophene rings is 1. The van der Waals surface area contributed by atoms with Crippen LogP contribution in [-0.4, -0.2) is 56.3 Å². The lowest BCUT2D eigenvalue weighted by atomic mass is 9.97. The highest BCUT2D eigenvalue weighted by molar-refractivity contribution is 7.89. The summed E-state index contributed by atoms with van der Waals surface area (Å²) in [7, 11) is -3.89. The minimum atomic E-state index is -3.89. The molecular formula is C22H30FN3O3S2. The molecule has 0 saturated carbocycles. The molecule has 1 amide bonds. The number of hydrogen-bond acceptors (Lipinski definition) is 5. The van der Waals surface area contributed by atoms with Gasteiger partial charge in [0.15, 0.2) is 0 Å². The van der Waals surface area contributed by atoms with Crippen molar-refractivity contribution in [2.24, 2.45) is 5.92 Å². The highest BCUT2D eigenvalue weighted by Gasteiger charge is 2.33. The number of carbonyl (C=O) groups excluding carboxylic acids is 1. The number of nitrogens with zero attached hydrogens (tertiary/aromatic N) is 2. The predicted molar refractivity (Wildman–Crippen MR) is 121 cm³/mol. The molecule has 0 aliphatic carbocycles. The van der Waals surface area contributed by atoms with E-state index in [1.807, 2.05) is 5.38 Å². The summed E-state index contributed by atoms with van der Waals surface area (Å²) in [5.74, 6) is -1.04. The van der Waals surface area contributed by atoms with Crippen LogP contribution >= 0.6 is 11.3 Å². The number of likely N-dealkylation sites (N-methyl/N-ethyl adjacent to an activating group) is 1. The van der Waals surface area contributed by atoms with Gasteiger partial charge in [-0.25, -0.2) is 12.8 Å². The monoisotopic (exact) mass is 467 g/mol. The summed E-state index contributed by atoms with van der Waals surface area (Å²) in [5.41, 5.74) is 1.19. The first-order valence-electron chi connectivity index (χ1n) is 10.7. The molecule has 2 heterocycles. The van der Waals surface area contributed by atoms with Crippen molar-refractivity contribution in [3.8, 4) is 0 Å². The number of carbonyl (C=O) groups is 1. The Morgan fingerprint density at radius 3 is 2.48 bits per heavy atom. The molecule has 31 heavy (non-hydrogen) atoms. The minimum Gasteiger partial charge on any atom is -0.354 e. The third kappa shape index (κ3) is 5.52. The minimum absolute atomic E-state index is 0.0460. The number of hydrogen-bond donors (Lipinski definition) is 1. The Balaban J connectivity index is 1.58. The first-order valence-corrected chi connectivity index (χ1v) is 13.0. The standard InChI is InChI=1S/C22H30FN3O3S2/c1-3-25(4-2)20(18-11-14-30-16-18)15-24-22(27)17-9-12-26(13-10-17)31(28,29)21-8-6-5-7-19(21)23/h5-8,11,14,16-17,20H,3-4,9-10,12-13,15H2,1-2H3,(H,24,27). The van der Waals surface area contributed by atoms with Crippen LogP contribution in [0, 0.1) is 11.7 Å². The van der Waals surface area contributed by atoms with E-state index >= 15 is 0 Å². The highest BCUT2D eigenvalue weighted by Crippen LogP contribution is 2.26. The first kappa shape index (κ1) is 23.8. The molecule has 1 aromatic heterocycles. The molecule has 170 valence electrons. The lowest BCUT2D eigenvalue weighted by Gasteiger charge is -2.32. The van der Waals surface area contributed by atoms with E-state index in [4.69, 9.17) is 0 Å². The maximum Gasteiger partial charge on any atom is 0.245 e. The molecule has 3 rings (SSSR count). The van der Waals surface area contributed by atoms with Crippen molar-refractivity contribution in [2.75, 3.05) is 32.7 Å². The van der Waals surface area contributed by atoms with Crippen molar-refractivity contribution in [1.82, 2.24) is 14.5 Å². The van der Waals surface area contributed by atoms with Crippen LogP contribution < -0.4 is 5.32 Å². The number of benzene rings is 1. The summed E-state index contributed by atoms with van der Waals surface area (Å²) in [6.07, 6.45) is 0.849. The molecule has 1 aliphatic rings. The van der Waals surface area contributed by atoms with Crippen LogP contribution in [-0.2, 0) is 14.8 Å². The first-order chi connectivity index (χ1) is 14.9. The second kappa shape index (κ2) is 10.7. The molecule has 1 fully saturated rings. The largest absolute Gasteiger partial charge is 0.354 e. The summed E-state index contributed by atoms with van der Waals surface area (Å²) in [4.78, 5) is 14.8. The van der Waals surface area contributed by atoms with Crippen LogP contribution in [0.5, 0.6) is 0 Å². The van der Waals surface area contributed by atoms with Gasteiger partial charge in [0.25, 0.3) is 0 Å².